The lowest BCUT2D eigenvalue weighted by Gasteiger charge is -1.98. The maximum Gasteiger partial charge on any atom is 0.371 e. The SMILES string of the molecule is O=C(O)CCCCSCc1ccc(C(=O)O)o1. The van der Waals surface area contributed by atoms with Gasteiger partial charge in [-0.2, -0.15) is 11.8 Å². The van der Waals surface area contributed by atoms with Crippen LogP contribution in [0.25, 0.3) is 0 Å². The molecule has 1 rings (SSSR count). The van der Waals surface area contributed by atoms with Gasteiger partial charge in [-0.25, -0.2) is 4.79 Å². The summed E-state index contributed by atoms with van der Waals surface area (Å²) in [5.41, 5.74) is 0. The van der Waals surface area contributed by atoms with E-state index in [1.54, 1.807) is 17.8 Å². The van der Waals surface area contributed by atoms with E-state index in [-0.39, 0.29) is 12.2 Å². The molecule has 0 aliphatic carbocycles. The molecule has 6 heteroatoms. The van der Waals surface area contributed by atoms with Crippen LogP contribution in [0.2, 0.25) is 0 Å². The van der Waals surface area contributed by atoms with Crippen LogP contribution in [0.15, 0.2) is 16.5 Å². The topological polar surface area (TPSA) is 87.7 Å². The molecule has 0 spiro atoms. The average Bonchev–Trinajstić information content (AvgIpc) is 2.71. The Kier molecular flexibility index (Phi) is 5.62. The van der Waals surface area contributed by atoms with Crippen LogP contribution in [0.5, 0.6) is 0 Å². The quantitative estimate of drug-likeness (QED) is 0.696. The zero-order valence-electron chi connectivity index (χ0n) is 9.22. The maximum atomic E-state index is 10.5. The highest BCUT2D eigenvalue weighted by Gasteiger charge is 2.08. The molecule has 1 aromatic rings. The van der Waals surface area contributed by atoms with Crippen LogP contribution in [-0.2, 0) is 10.5 Å². The summed E-state index contributed by atoms with van der Waals surface area (Å²) < 4.78 is 5.08. The zero-order valence-corrected chi connectivity index (χ0v) is 10.0. The summed E-state index contributed by atoms with van der Waals surface area (Å²) in [4.78, 5) is 20.8. The van der Waals surface area contributed by atoms with Gasteiger partial charge in [0.1, 0.15) is 5.76 Å². The summed E-state index contributed by atoms with van der Waals surface area (Å²) in [6.07, 6.45) is 1.70. The summed E-state index contributed by atoms with van der Waals surface area (Å²) >= 11 is 1.60. The highest BCUT2D eigenvalue weighted by atomic mass is 32.2. The summed E-state index contributed by atoms with van der Waals surface area (Å²) in [5.74, 6) is 0.198. The van der Waals surface area contributed by atoms with Crippen molar-refractivity contribution in [2.24, 2.45) is 0 Å². The molecule has 0 saturated heterocycles. The van der Waals surface area contributed by atoms with Crippen LogP contribution < -0.4 is 0 Å². The molecule has 5 nitrogen and oxygen atoms in total. The zero-order chi connectivity index (χ0) is 12.7. The summed E-state index contributed by atoms with van der Waals surface area (Å²) in [6.45, 7) is 0. The van der Waals surface area contributed by atoms with Crippen molar-refractivity contribution in [1.29, 1.82) is 0 Å². The number of hydrogen-bond donors (Lipinski definition) is 2. The van der Waals surface area contributed by atoms with Gasteiger partial charge in [-0.1, -0.05) is 0 Å². The summed E-state index contributed by atoms with van der Waals surface area (Å²) in [5, 5.41) is 17.1. The highest BCUT2D eigenvalue weighted by Crippen LogP contribution is 2.17. The molecule has 94 valence electrons. The van der Waals surface area contributed by atoms with Gasteiger partial charge < -0.3 is 14.6 Å². The van der Waals surface area contributed by atoms with Crippen LogP contribution in [-0.4, -0.2) is 27.9 Å². The Hall–Kier alpha value is -1.43. The van der Waals surface area contributed by atoms with E-state index in [9.17, 15) is 9.59 Å². The second kappa shape index (κ2) is 7.01. The first kappa shape index (κ1) is 13.6. The Bertz CT molecular complexity index is 385. The lowest BCUT2D eigenvalue weighted by molar-refractivity contribution is -0.137. The molecule has 0 aromatic carbocycles. The van der Waals surface area contributed by atoms with Gasteiger partial charge in [0, 0.05) is 6.42 Å². The maximum absolute atomic E-state index is 10.5. The van der Waals surface area contributed by atoms with Gasteiger partial charge in [-0.15, -0.1) is 0 Å². The predicted molar refractivity (Wildman–Crippen MR) is 63.3 cm³/mol. The van der Waals surface area contributed by atoms with Gasteiger partial charge in [-0.05, 0) is 30.7 Å². The standard InChI is InChI=1S/C11H14O5S/c12-10(13)3-1-2-6-17-7-8-4-5-9(16-8)11(14)15/h4-5H,1-3,6-7H2,(H,12,13)(H,14,15). The van der Waals surface area contributed by atoms with E-state index in [1.165, 1.54) is 6.07 Å². The molecule has 2 N–H and O–H groups in total. The summed E-state index contributed by atoms with van der Waals surface area (Å²) in [6, 6.07) is 3.08. The van der Waals surface area contributed by atoms with Crippen molar-refractivity contribution in [3.8, 4) is 0 Å². The van der Waals surface area contributed by atoms with Crippen LogP contribution in [0, 0.1) is 0 Å². The van der Waals surface area contributed by atoms with Crippen LogP contribution in [0.4, 0.5) is 0 Å². The van der Waals surface area contributed by atoms with Crippen molar-refractivity contribution < 1.29 is 24.2 Å². The molecule has 0 radical (unpaired) electrons. The first-order valence-corrected chi connectivity index (χ1v) is 6.36. The van der Waals surface area contributed by atoms with Crippen LogP contribution in [0.3, 0.4) is 0 Å². The normalized spacial score (nSPS) is 10.4. The van der Waals surface area contributed by atoms with Gasteiger partial charge in [0.25, 0.3) is 0 Å². The average molecular weight is 258 g/mol. The Morgan fingerprint density at radius 2 is 2.00 bits per heavy atom. The molecule has 17 heavy (non-hydrogen) atoms. The Balaban J connectivity index is 2.13. The smallest absolute Gasteiger partial charge is 0.371 e. The van der Waals surface area contributed by atoms with Crippen molar-refractivity contribution in [3.05, 3.63) is 23.7 Å². The fraction of sp³-hybridized carbons (Fsp3) is 0.455. The highest BCUT2D eigenvalue weighted by molar-refractivity contribution is 7.98. The molecule has 0 fully saturated rings. The van der Waals surface area contributed by atoms with Gasteiger partial charge in [0.2, 0.25) is 5.76 Å². The molecule has 1 heterocycles. The van der Waals surface area contributed by atoms with E-state index in [4.69, 9.17) is 14.6 Å². The van der Waals surface area contributed by atoms with Crippen LogP contribution >= 0.6 is 11.8 Å². The van der Waals surface area contributed by atoms with Crippen molar-refractivity contribution in [1.82, 2.24) is 0 Å². The van der Waals surface area contributed by atoms with Gasteiger partial charge in [0.15, 0.2) is 0 Å². The first-order chi connectivity index (χ1) is 8.09. The molecular formula is C11H14O5S. The molecule has 0 saturated carbocycles. The number of carbonyl (C=O) groups is 2. The number of hydrogen-bond acceptors (Lipinski definition) is 4. The third-order valence-electron chi connectivity index (χ3n) is 2.05. The lowest BCUT2D eigenvalue weighted by atomic mass is 10.3. The molecule has 0 amide bonds. The largest absolute Gasteiger partial charge is 0.481 e. The van der Waals surface area contributed by atoms with Gasteiger partial charge in [0.05, 0.1) is 5.75 Å². The minimum absolute atomic E-state index is 0.0496. The Labute approximate surface area is 103 Å². The Morgan fingerprint density at radius 3 is 2.59 bits per heavy atom. The fourth-order valence-corrected chi connectivity index (χ4v) is 2.13. The number of rotatable bonds is 8. The third-order valence-corrected chi connectivity index (χ3v) is 3.11. The number of aromatic carboxylic acids is 1. The molecule has 1 aromatic heterocycles. The number of aliphatic carboxylic acids is 1. The second-order valence-corrected chi connectivity index (χ2v) is 4.58. The van der Waals surface area contributed by atoms with E-state index in [1.807, 2.05) is 0 Å². The molecule has 0 bridgehead atoms. The minimum Gasteiger partial charge on any atom is -0.481 e. The van der Waals surface area contributed by atoms with Crippen LogP contribution in [0.1, 0.15) is 35.6 Å². The first-order valence-electron chi connectivity index (χ1n) is 5.21. The predicted octanol–water partition coefficient (Wildman–Crippen LogP) is 2.47. The van der Waals surface area contributed by atoms with E-state index in [0.29, 0.717) is 17.9 Å². The van der Waals surface area contributed by atoms with E-state index in [2.05, 4.69) is 0 Å². The lowest BCUT2D eigenvalue weighted by Crippen LogP contribution is -1.94. The number of carboxylic acids is 2. The molecule has 0 aliphatic rings. The van der Waals surface area contributed by atoms with Gasteiger partial charge >= 0.3 is 11.9 Å². The third kappa shape index (κ3) is 5.44. The van der Waals surface area contributed by atoms with E-state index < -0.39 is 11.9 Å². The van der Waals surface area contributed by atoms with Crippen molar-refractivity contribution in [3.63, 3.8) is 0 Å². The fourth-order valence-electron chi connectivity index (χ4n) is 1.22. The number of furan rings is 1. The molecule has 0 aliphatic heterocycles. The van der Waals surface area contributed by atoms with Gasteiger partial charge in [-0.3, -0.25) is 4.79 Å². The Morgan fingerprint density at radius 1 is 1.24 bits per heavy atom. The van der Waals surface area contributed by atoms with E-state index >= 15 is 0 Å². The molecule has 0 unspecified atom stereocenters. The van der Waals surface area contributed by atoms with Crippen molar-refractivity contribution in [2.45, 2.75) is 25.0 Å². The number of unbranched alkanes of at least 4 members (excludes halogenated alkanes) is 1. The second-order valence-electron chi connectivity index (χ2n) is 3.47. The number of carboxylic acid groups (broad SMARTS) is 2. The van der Waals surface area contributed by atoms with Crippen molar-refractivity contribution in [2.75, 3.05) is 5.75 Å². The monoisotopic (exact) mass is 258 g/mol. The van der Waals surface area contributed by atoms with E-state index in [0.717, 1.165) is 12.2 Å². The molecule has 0 atom stereocenters. The van der Waals surface area contributed by atoms with Crippen molar-refractivity contribution >= 4 is 23.7 Å². The molecular weight excluding hydrogens is 244 g/mol. The number of thioether (sulfide) groups is 1. The summed E-state index contributed by atoms with van der Waals surface area (Å²) in [7, 11) is 0. The minimum atomic E-state index is -1.07.